The summed E-state index contributed by atoms with van der Waals surface area (Å²) in [5.74, 6) is 0.906. The second-order valence-corrected chi connectivity index (χ2v) is 7.87. The molecule has 0 aliphatic heterocycles. The molecule has 196 valence electrons. The van der Waals surface area contributed by atoms with Crippen LogP contribution in [0.1, 0.15) is 38.8 Å². The summed E-state index contributed by atoms with van der Waals surface area (Å²) in [5, 5.41) is 7.04. The van der Waals surface area contributed by atoms with E-state index in [2.05, 4.69) is 43.4 Å². The van der Waals surface area contributed by atoms with Gasteiger partial charge in [0.15, 0.2) is 0 Å². The molecular weight excluding hydrogens is 466 g/mol. The van der Waals surface area contributed by atoms with Gasteiger partial charge in [-0.2, -0.15) is 8.78 Å². The topological polar surface area (TPSA) is 70.8 Å². The summed E-state index contributed by atoms with van der Waals surface area (Å²) >= 11 is 0. The number of anilines is 1. The molecular formula is C26H36F2N6O2. The van der Waals surface area contributed by atoms with E-state index < -0.39 is 12.3 Å². The number of alkyl halides is 2. The van der Waals surface area contributed by atoms with Crippen molar-refractivity contribution >= 4 is 5.69 Å². The Morgan fingerprint density at radius 3 is 2.25 bits per heavy atom. The summed E-state index contributed by atoms with van der Waals surface area (Å²) in [6.45, 7) is 13.4. The van der Waals surface area contributed by atoms with E-state index in [0.29, 0.717) is 12.1 Å². The van der Waals surface area contributed by atoms with Gasteiger partial charge in [-0.25, -0.2) is 0 Å². The molecule has 2 aromatic heterocycles. The molecule has 0 fully saturated rings. The van der Waals surface area contributed by atoms with Gasteiger partial charge in [0.1, 0.15) is 11.6 Å². The van der Waals surface area contributed by atoms with Crippen molar-refractivity contribution in [1.29, 1.82) is 0 Å². The number of likely N-dealkylation sites (N-methyl/N-ethyl adjacent to an activating group) is 2. The molecule has 0 bridgehead atoms. The number of rotatable bonds is 12. The average molecular weight is 503 g/mol. The van der Waals surface area contributed by atoms with Crippen LogP contribution in [0.25, 0.3) is 11.5 Å². The maximum Gasteiger partial charge on any atom is 0.314 e. The Balaban J connectivity index is 0.00000222. The van der Waals surface area contributed by atoms with Crippen LogP contribution < -0.4 is 9.64 Å². The summed E-state index contributed by atoms with van der Waals surface area (Å²) in [7, 11) is 5.71. The van der Waals surface area contributed by atoms with Crippen molar-refractivity contribution in [3.63, 3.8) is 0 Å². The van der Waals surface area contributed by atoms with Crippen LogP contribution in [0.4, 0.5) is 14.5 Å². The molecule has 3 aromatic rings. The first-order valence-electron chi connectivity index (χ1n) is 11.9. The van der Waals surface area contributed by atoms with Crippen molar-refractivity contribution in [3.05, 3.63) is 66.6 Å². The molecule has 1 aromatic carbocycles. The molecule has 0 saturated heterocycles. The van der Waals surface area contributed by atoms with Crippen LogP contribution in [-0.2, 0) is 6.54 Å². The van der Waals surface area contributed by atoms with Crippen LogP contribution in [0, 0.1) is 0 Å². The van der Waals surface area contributed by atoms with Gasteiger partial charge in [0.25, 0.3) is 5.89 Å². The van der Waals surface area contributed by atoms with Crippen molar-refractivity contribution in [3.8, 4) is 17.2 Å². The van der Waals surface area contributed by atoms with Gasteiger partial charge in [0.2, 0.25) is 5.89 Å². The predicted octanol–water partition coefficient (Wildman–Crippen LogP) is 5.47. The maximum atomic E-state index is 12.7. The molecule has 0 amide bonds. The summed E-state index contributed by atoms with van der Waals surface area (Å²) in [6, 6.07) is 11.3. The van der Waals surface area contributed by atoms with Crippen LogP contribution in [0.2, 0.25) is 0 Å². The fraction of sp³-hybridized carbons (Fsp3) is 0.423. The first-order chi connectivity index (χ1) is 17.3. The zero-order chi connectivity index (χ0) is 26.7. The van der Waals surface area contributed by atoms with E-state index in [0.717, 1.165) is 42.6 Å². The normalized spacial score (nSPS) is 10.7. The minimum absolute atomic E-state index is 0.00612. The third kappa shape index (κ3) is 7.74. The van der Waals surface area contributed by atoms with Gasteiger partial charge < -0.3 is 23.9 Å². The van der Waals surface area contributed by atoms with Gasteiger partial charge in [-0.05, 0) is 57.4 Å². The van der Waals surface area contributed by atoms with E-state index in [1.54, 1.807) is 13.2 Å². The molecule has 3 rings (SSSR count). The predicted molar refractivity (Wildman–Crippen MR) is 138 cm³/mol. The minimum Gasteiger partial charge on any atom is -0.497 e. The van der Waals surface area contributed by atoms with Crippen molar-refractivity contribution in [2.45, 2.75) is 33.7 Å². The second kappa shape index (κ2) is 14.1. The van der Waals surface area contributed by atoms with Crippen LogP contribution in [0.15, 0.2) is 59.4 Å². The highest BCUT2D eigenvalue weighted by Crippen LogP contribution is 2.27. The Morgan fingerprint density at radius 2 is 1.75 bits per heavy atom. The molecule has 8 nitrogen and oxygen atoms in total. The van der Waals surface area contributed by atoms with E-state index in [9.17, 15) is 8.78 Å². The van der Waals surface area contributed by atoms with Gasteiger partial charge in [0.05, 0.1) is 24.9 Å². The van der Waals surface area contributed by atoms with Crippen LogP contribution in [0.5, 0.6) is 5.75 Å². The molecule has 0 spiro atoms. The quantitative estimate of drug-likeness (QED) is 0.323. The number of halogens is 2. The van der Waals surface area contributed by atoms with Crippen LogP contribution >= 0.6 is 0 Å². The largest absolute Gasteiger partial charge is 0.497 e. The lowest BCUT2D eigenvalue weighted by Crippen LogP contribution is -2.38. The van der Waals surface area contributed by atoms with E-state index in [4.69, 9.17) is 9.15 Å². The number of methoxy groups -OCH3 is 1. The lowest BCUT2D eigenvalue weighted by atomic mass is 10.2. The lowest BCUT2D eigenvalue weighted by molar-refractivity contribution is 0.116. The fourth-order valence-corrected chi connectivity index (χ4v) is 3.30. The van der Waals surface area contributed by atoms with E-state index in [-0.39, 0.29) is 5.89 Å². The van der Waals surface area contributed by atoms with Gasteiger partial charge in [0, 0.05) is 31.5 Å². The fourth-order valence-electron chi connectivity index (χ4n) is 3.30. The van der Waals surface area contributed by atoms with Crippen molar-refractivity contribution in [1.82, 2.24) is 25.0 Å². The Morgan fingerprint density at radius 1 is 1.06 bits per heavy atom. The summed E-state index contributed by atoms with van der Waals surface area (Å²) in [5.41, 5.74) is 2.18. The Kier molecular flexibility index (Phi) is 11.3. The third-order valence-corrected chi connectivity index (χ3v) is 5.28. The first-order valence-corrected chi connectivity index (χ1v) is 11.9. The number of ether oxygens (including phenoxy) is 1. The highest BCUT2D eigenvalue weighted by atomic mass is 19.3. The molecule has 36 heavy (non-hydrogen) atoms. The highest BCUT2D eigenvalue weighted by molar-refractivity contribution is 5.54. The number of hydrogen-bond donors (Lipinski definition) is 0. The van der Waals surface area contributed by atoms with Gasteiger partial charge in [-0.1, -0.05) is 20.4 Å². The van der Waals surface area contributed by atoms with E-state index in [1.807, 2.05) is 58.3 Å². The van der Waals surface area contributed by atoms with Crippen LogP contribution in [0.3, 0.4) is 0 Å². The second-order valence-electron chi connectivity index (χ2n) is 7.87. The maximum absolute atomic E-state index is 12.7. The minimum atomic E-state index is -2.81. The molecule has 10 heteroatoms. The third-order valence-electron chi connectivity index (χ3n) is 5.28. The SMILES string of the molecule is C=C(N(CC)CCN(C)C)N(Cc1ccc(-c2nnc(C(F)F)o2)cn1)c1ccc(OC)cc1.CC. The zero-order valence-corrected chi connectivity index (χ0v) is 21.9. The van der Waals surface area contributed by atoms with Crippen molar-refractivity contribution < 1.29 is 17.9 Å². The van der Waals surface area contributed by atoms with Crippen LogP contribution in [-0.4, -0.2) is 65.8 Å². The lowest BCUT2D eigenvalue weighted by Gasteiger charge is -2.35. The molecule has 0 aliphatic carbocycles. The monoisotopic (exact) mass is 502 g/mol. The molecule has 2 heterocycles. The van der Waals surface area contributed by atoms with Gasteiger partial charge in [-0.3, -0.25) is 4.98 Å². The van der Waals surface area contributed by atoms with Crippen molar-refractivity contribution in [2.75, 3.05) is 45.7 Å². The summed E-state index contributed by atoms with van der Waals surface area (Å²) in [4.78, 5) is 10.9. The standard InChI is InChI=1S/C24H30F2N6O2.C2H6/c1-6-31(14-13-30(3)4)17(2)32(20-9-11-21(33-5)12-10-20)16-19-8-7-18(15-27-19)23-28-29-24(34-23)22(25)26;1-2/h7-12,15,22H,2,6,13-14,16H2,1,3-5H3;1-2H3. The zero-order valence-electron chi connectivity index (χ0n) is 21.9. The first kappa shape index (κ1) is 28.7. The average Bonchev–Trinajstić information content (AvgIpc) is 3.40. The number of benzene rings is 1. The molecule has 0 radical (unpaired) electrons. The number of nitrogens with zero attached hydrogens (tertiary/aromatic N) is 6. The molecule has 0 atom stereocenters. The van der Waals surface area contributed by atoms with Gasteiger partial charge in [-0.15, -0.1) is 10.2 Å². The smallest absolute Gasteiger partial charge is 0.314 e. The van der Waals surface area contributed by atoms with Crippen molar-refractivity contribution in [2.24, 2.45) is 0 Å². The Bertz CT molecular complexity index is 1060. The molecule has 0 saturated carbocycles. The van der Waals surface area contributed by atoms with Gasteiger partial charge >= 0.3 is 6.43 Å². The Hall–Kier alpha value is -3.53. The number of hydrogen-bond acceptors (Lipinski definition) is 8. The highest BCUT2D eigenvalue weighted by Gasteiger charge is 2.19. The van der Waals surface area contributed by atoms with E-state index >= 15 is 0 Å². The number of pyridine rings is 1. The van der Waals surface area contributed by atoms with E-state index in [1.165, 1.54) is 6.20 Å². The summed E-state index contributed by atoms with van der Waals surface area (Å²) in [6.07, 6.45) is -1.27. The summed E-state index contributed by atoms with van der Waals surface area (Å²) < 4.78 is 35.8. The molecule has 0 unspecified atom stereocenters. The molecule has 0 N–H and O–H groups in total. The number of aromatic nitrogens is 3. The molecule has 0 aliphatic rings. The Labute approximate surface area is 212 Å².